The number of carboxylic acid groups (broad SMARTS) is 1. The number of halogens is 3. The van der Waals surface area contributed by atoms with Crippen molar-refractivity contribution in [3.05, 3.63) is 29.6 Å². The number of aliphatic carboxylic acids is 1. The lowest BCUT2D eigenvalue weighted by Crippen LogP contribution is -2.34. The van der Waals surface area contributed by atoms with Gasteiger partial charge in [0.25, 0.3) is 11.8 Å². The normalized spacial score (nSPS) is 20.8. The van der Waals surface area contributed by atoms with Gasteiger partial charge in [-0.2, -0.15) is 13.2 Å². The van der Waals surface area contributed by atoms with Crippen molar-refractivity contribution in [2.45, 2.75) is 6.18 Å². The molecule has 130 valence electrons. The molecule has 2 rings (SSSR count). The lowest BCUT2D eigenvalue weighted by atomic mass is 9.96. The van der Waals surface area contributed by atoms with E-state index in [0.29, 0.717) is 0 Å². The Kier molecular flexibility index (Phi) is 4.76. The van der Waals surface area contributed by atoms with E-state index in [1.165, 1.54) is 19.2 Å². The summed E-state index contributed by atoms with van der Waals surface area (Å²) in [6.45, 7) is -1.26. The Balaban J connectivity index is 2.18. The summed E-state index contributed by atoms with van der Waals surface area (Å²) in [5.74, 6) is -6.65. The summed E-state index contributed by atoms with van der Waals surface area (Å²) in [5, 5.41) is 11.3. The van der Waals surface area contributed by atoms with Gasteiger partial charge in [-0.25, -0.2) is 0 Å². The van der Waals surface area contributed by atoms with E-state index in [-0.39, 0.29) is 11.3 Å². The van der Waals surface area contributed by atoms with Gasteiger partial charge in [0.2, 0.25) is 0 Å². The average molecular weight is 345 g/mol. The van der Waals surface area contributed by atoms with E-state index in [1.807, 2.05) is 0 Å². The topological polar surface area (TPSA) is 99.6 Å². The molecule has 1 aromatic rings. The Morgan fingerprint density at radius 1 is 1.29 bits per heavy atom. The maximum Gasteiger partial charge on any atom is 0.394 e. The minimum absolute atomic E-state index is 0.0189. The lowest BCUT2D eigenvalue weighted by molar-refractivity contribution is -0.187. The number of amides is 2. The number of rotatable bonds is 3. The molecule has 0 saturated carbocycles. The van der Waals surface area contributed by atoms with Gasteiger partial charge in [0.1, 0.15) is 5.69 Å². The van der Waals surface area contributed by atoms with Crippen molar-refractivity contribution < 1.29 is 32.7 Å². The first-order valence-corrected chi connectivity index (χ1v) is 6.92. The highest BCUT2D eigenvalue weighted by atomic mass is 19.4. The molecule has 1 aliphatic heterocycles. The Morgan fingerprint density at radius 3 is 2.38 bits per heavy atom. The van der Waals surface area contributed by atoms with E-state index in [2.05, 4.69) is 10.3 Å². The van der Waals surface area contributed by atoms with Crippen molar-refractivity contribution in [2.24, 2.45) is 11.8 Å². The second kappa shape index (κ2) is 6.46. The second-order valence-corrected chi connectivity index (χ2v) is 5.31. The smallest absolute Gasteiger partial charge is 0.394 e. The molecule has 2 atom stereocenters. The summed E-state index contributed by atoms with van der Waals surface area (Å²) in [4.78, 5) is 39.3. The highest BCUT2D eigenvalue weighted by molar-refractivity contribution is 5.96. The number of pyridine rings is 1. The number of carboxylic acids is 1. The summed E-state index contributed by atoms with van der Waals surface area (Å²) in [7, 11) is 1.40. The second-order valence-electron chi connectivity index (χ2n) is 5.31. The SMILES string of the molecule is CNC(=O)c1ccc(C(=O)N2C[C@@H](C(F)(F)F)[C@H](C(=O)O)C2)cn1. The van der Waals surface area contributed by atoms with E-state index < -0.39 is 48.9 Å². The third kappa shape index (κ3) is 3.47. The molecule has 0 radical (unpaired) electrons. The van der Waals surface area contributed by atoms with Crippen molar-refractivity contribution in [1.82, 2.24) is 15.2 Å². The highest BCUT2D eigenvalue weighted by Gasteiger charge is 2.53. The molecule has 1 aromatic heterocycles. The highest BCUT2D eigenvalue weighted by Crippen LogP contribution is 2.38. The van der Waals surface area contributed by atoms with E-state index in [4.69, 9.17) is 5.11 Å². The Bertz CT molecular complexity index is 660. The zero-order valence-corrected chi connectivity index (χ0v) is 12.5. The molecule has 2 heterocycles. The van der Waals surface area contributed by atoms with Crippen LogP contribution < -0.4 is 5.32 Å². The third-order valence-corrected chi connectivity index (χ3v) is 3.81. The van der Waals surface area contributed by atoms with Gasteiger partial charge in [-0.15, -0.1) is 0 Å². The van der Waals surface area contributed by atoms with Gasteiger partial charge in [0, 0.05) is 26.3 Å². The van der Waals surface area contributed by atoms with E-state index >= 15 is 0 Å². The molecule has 0 aromatic carbocycles. The quantitative estimate of drug-likeness (QED) is 0.843. The fourth-order valence-electron chi connectivity index (χ4n) is 2.52. The fourth-order valence-corrected chi connectivity index (χ4v) is 2.52. The molecule has 1 fully saturated rings. The van der Waals surface area contributed by atoms with Gasteiger partial charge < -0.3 is 15.3 Å². The largest absolute Gasteiger partial charge is 0.481 e. The number of carbonyl (C=O) groups excluding carboxylic acids is 2. The summed E-state index contributed by atoms with van der Waals surface area (Å²) < 4.78 is 38.8. The number of nitrogens with one attached hydrogen (secondary N) is 1. The maximum atomic E-state index is 12.9. The van der Waals surface area contributed by atoms with Crippen LogP contribution in [0.5, 0.6) is 0 Å². The van der Waals surface area contributed by atoms with Gasteiger partial charge >= 0.3 is 12.1 Å². The number of alkyl halides is 3. The molecule has 7 nitrogen and oxygen atoms in total. The zero-order chi connectivity index (χ0) is 18.1. The van der Waals surface area contributed by atoms with Crippen LogP contribution in [0.1, 0.15) is 20.8 Å². The molecule has 1 aliphatic rings. The molecule has 0 aliphatic carbocycles. The van der Waals surface area contributed by atoms with Gasteiger partial charge in [0.05, 0.1) is 17.4 Å². The lowest BCUT2D eigenvalue weighted by Gasteiger charge is -2.18. The number of aromatic nitrogens is 1. The summed E-state index contributed by atoms with van der Waals surface area (Å²) >= 11 is 0. The zero-order valence-electron chi connectivity index (χ0n) is 12.5. The van der Waals surface area contributed by atoms with E-state index in [9.17, 15) is 27.6 Å². The van der Waals surface area contributed by atoms with Crippen LogP contribution in [0.25, 0.3) is 0 Å². The van der Waals surface area contributed by atoms with Crippen molar-refractivity contribution >= 4 is 17.8 Å². The van der Waals surface area contributed by atoms with Gasteiger partial charge in [-0.1, -0.05) is 0 Å². The Hall–Kier alpha value is -2.65. The molecule has 2 N–H and O–H groups in total. The van der Waals surface area contributed by atoms with Crippen LogP contribution in [0.4, 0.5) is 13.2 Å². The number of hydrogen-bond donors (Lipinski definition) is 2. The van der Waals surface area contributed by atoms with Crippen LogP contribution in [0.15, 0.2) is 18.3 Å². The van der Waals surface area contributed by atoms with Gasteiger partial charge in [0.15, 0.2) is 0 Å². The molecule has 0 bridgehead atoms. The van der Waals surface area contributed by atoms with Crippen molar-refractivity contribution in [2.75, 3.05) is 20.1 Å². The van der Waals surface area contributed by atoms with E-state index in [0.717, 1.165) is 11.1 Å². The summed E-state index contributed by atoms with van der Waals surface area (Å²) in [5.41, 5.74) is 0.0293. The standard InChI is InChI=1S/C14H14F3N3O4/c1-18-11(21)10-3-2-7(4-19-10)12(22)20-5-8(13(23)24)9(6-20)14(15,16)17/h2-4,8-9H,5-6H2,1H3,(H,18,21)(H,23,24)/t8-,9-/m1/s1. The predicted molar refractivity (Wildman–Crippen MR) is 74.2 cm³/mol. The molecular formula is C14H14F3N3O4. The number of nitrogens with zero attached hydrogens (tertiary/aromatic N) is 2. The van der Waals surface area contributed by atoms with Crippen LogP contribution in [0.2, 0.25) is 0 Å². The molecule has 2 amide bonds. The first kappa shape index (κ1) is 17.7. The van der Waals surface area contributed by atoms with Gasteiger partial charge in [-0.05, 0) is 12.1 Å². The minimum atomic E-state index is -4.71. The molecule has 24 heavy (non-hydrogen) atoms. The average Bonchev–Trinajstić information content (AvgIpc) is 2.99. The molecular weight excluding hydrogens is 331 g/mol. The van der Waals surface area contributed by atoms with Crippen LogP contribution in [-0.4, -0.2) is 59.1 Å². The number of hydrogen-bond acceptors (Lipinski definition) is 4. The minimum Gasteiger partial charge on any atom is -0.481 e. The van der Waals surface area contributed by atoms with Crippen molar-refractivity contribution in [3.63, 3.8) is 0 Å². The Morgan fingerprint density at radius 2 is 1.96 bits per heavy atom. The molecule has 10 heteroatoms. The van der Waals surface area contributed by atoms with Crippen LogP contribution in [0, 0.1) is 11.8 Å². The van der Waals surface area contributed by atoms with E-state index in [1.54, 1.807) is 0 Å². The molecule has 0 unspecified atom stereocenters. The fraction of sp³-hybridized carbons (Fsp3) is 0.429. The van der Waals surface area contributed by atoms with Crippen LogP contribution in [-0.2, 0) is 4.79 Å². The monoisotopic (exact) mass is 345 g/mol. The first-order chi connectivity index (χ1) is 11.1. The first-order valence-electron chi connectivity index (χ1n) is 6.92. The van der Waals surface area contributed by atoms with Crippen LogP contribution in [0.3, 0.4) is 0 Å². The number of likely N-dealkylation sites (tertiary alicyclic amines) is 1. The summed E-state index contributed by atoms with van der Waals surface area (Å²) in [6.07, 6.45) is -3.64. The van der Waals surface area contributed by atoms with Crippen molar-refractivity contribution in [3.8, 4) is 0 Å². The maximum absolute atomic E-state index is 12.9. The Labute approximate surface area is 134 Å². The van der Waals surface area contributed by atoms with Gasteiger partial charge in [-0.3, -0.25) is 19.4 Å². The third-order valence-electron chi connectivity index (χ3n) is 3.81. The summed E-state index contributed by atoms with van der Waals surface area (Å²) in [6, 6.07) is 2.52. The van der Waals surface area contributed by atoms with Crippen molar-refractivity contribution in [1.29, 1.82) is 0 Å². The number of carbonyl (C=O) groups is 3. The molecule has 0 spiro atoms. The van der Waals surface area contributed by atoms with Crippen LogP contribution >= 0.6 is 0 Å². The molecule has 1 saturated heterocycles. The predicted octanol–water partition coefficient (Wildman–Crippen LogP) is 0.776.